The summed E-state index contributed by atoms with van der Waals surface area (Å²) in [5.74, 6) is 0. The van der Waals surface area contributed by atoms with Gasteiger partial charge in [0.25, 0.3) is 0 Å². The minimum Gasteiger partial charge on any atom is -0.307 e. The van der Waals surface area contributed by atoms with Gasteiger partial charge in [-0.2, -0.15) is 21.6 Å². The number of benzene rings is 2. The third-order valence-corrected chi connectivity index (χ3v) is 9.97. The van der Waals surface area contributed by atoms with Gasteiger partial charge in [-0.15, -0.1) is 23.1 Å². The second kappa shape index (κ2) is 9.12. The van der Waals surface area contributed by atoms with Gasteiger partial charge in [0.2, 0.25) is 9.84 Å². The molecule has 33 heavy (non-hydrogen) atoms. The van der Waals surface area contributed by atoms with Gasteiger partial charge in [-0.25, -0.2) is 8.42 Å². The van der Waals surface area contributed by atoms with Gasteiger partial charge in [-0.1, -0.05) is 30.3 Å². The molecule has 0 aliphatic rings. The Hall–Kier alpha value is -2.35. The number of thioether (sulfide) groups is 1. The van der Waals surface area contributed by atoms with Crippen molar-refractivity contribution in [2.24, 2.45) is 0 Å². The molecule has 0 bridgehead atoms. The highest BCUT2D eigenvalue weighted by molar-refractivity contribution is 8.01. The Morgan fingerprint density at radius 3 is 2.27 bits per heavy atom. The fraction of sp³-hybridized carbons (Fsp3) is 0.150. The summed E-state index contributed by atoms with van der Waals surface area (Å²) in [7, 11) is -10.3. The normalized spacial score (nSPS) is 12.5. The van der Waals surface area contributed by atoms with Gasteiger partial charge in [0.05, 0.1) is 19.7 Å². The first-order valence-electron chi connectivity index (χ1n) is 9.04. The summed E-state index contributed by atoms with van der Waals surface area (Å²) in [6, 6.07) is 11.7. The molecule has 13 heteroatoms. The highest BCUT2D eigenvalue weighted by Gasteiger charge is 2.46. The number of nitrogens with one attached hydrogen (secondary N) is 2. The molecule has 0 atom stereocenters. The van der Waals surface area contributed by atoms with Crippen molar-refractivity contribution in [3.63, 3.8) is 0 Å². The fourth-order valence-electron chi connectivity index (χ4n) is 2.99. The Morgan fingerprint density at radius 1 is 1.03 bits per heavy atom. The molecule has 0 fully saturated rings. The topological polar surface area (TPSA) is 104 Å². The minimum atomic E-state index is -5.87. The summed E-state index contributed by atoms with van der Waals surface area (Å²) in [6.07, 6.45) is 2.58. The zero-order valence-electron chi connectivity index (χ0n) is 17.1. The van der Waals surface area contributed by atoms with Crippen molar-refractivity contribution in [2.45, 2.75) is 26.4 Å². The third kappa shape index (κ3) is 4.95. The molecule has 0 radical (unpaired) electrons. The van der Waals surface area contributed by atoms with Crippen molar-refractivity contribution in [1.29, 1.82) is 5.41 Å². The quantitative estimate of drug-likeness (QED) is 0.306. The number of rotatable bonds is 7. The van der Waals surface area contributed by atoms with Gasteiger partial charge in [0.15, 0.2) is 0 Å². The lowest BCUT2D eigenvalue weighted by Crippen LogP contribution is -2.30. The van der Waals surface area contributed by atoms with Crippen molar-refractivity contribution >= 4 is 54.9 Å². The largest absolute Gasteiger partial charge is 0.516 e. The predicted molar refractivity (Wildman–Crippen MR) is 125 cm³/mol. The van der Waals surface area contributed by atoms with Gasteiger partial charge < -0.3 is 5.41 Å². The number of hydrogen-bond acceptors (Lipinski definition) is 7. The lowest BCUT2D eigenvalue weighted by molar-refractivity contribution is -0.0429. The molecule has 0 amide bonds. The van der Waals surface area contributed by atoms with Gasteiger partial charge in [-0.3, -0.25) is 4.72 Å². The number of anilines is 1. The molecule has 1 aromatic heterocycles. The first-order valence-corrected chi connectivity index (χ1v) is 14.0. The van der Waals surface area contributed by atoms with E-state index in [1.807, 2.05) is 0 Å². The van der Waals surface area contributed by atoms with Crippen LogP contribution in [0.4, 0.5) is 18.9 Å². The van der Waals surface area contributed by atoms with Crippen LogP contribution in [0.2, 0.25) is 0 Å². The Bertz CT molecular complexity index is 1430. The smallest absolute Gasteiger partial charge is 0.307 e. The van der Waals surface area contributed by atoms with E-state index in [9.17, 15) is 30.0 Å². The SMILES string of the molecule is CSc1sc(C=N)cc1S(=O)(=O)c1cc(-c2ccccc2C)ccc1NS(=O)(=O)C(F)(F)F. The minimum absolute atomic E-state index is 0.215. The average Bonchev–Trinajstić information content (AvgIpc) is 3.18. The molecular weight excluding hydrogens is 517 g/mol. The average molecular weight is 535 g/mol. The Kier molecular flexibility index (Phi) is 6.99. The molecule has 0 saturated heterocycles. The van der Waals surface area contributed by atoms with Crippen molar-refractivity contribution in [1.82, 2.24) is 0 Å². The summed E-state index contributed by atoms with van der Waals surface area (Å²) >= 11 is 2.13. The van der Waals surface area contributed by atoms with Crippen LogP contribution in [0.5, 0.6) is 0 Å². The Balaban J connectivity index is 2.30. The lowest BCUT2D eigenvalue weighted by atomic mass is 10.0. The van der Waals surface area contributed by atoms with E-state index in [-0.39, 0.29) is 4.90 Å². The van der Waals surface area contributed by atoms with Gasteiger partial charge in [0.1, 0.15) is 0 Å². The number of thiophene rings is 1. The molecule has 2 N–H and O–H groups in total. The van der Waals surface area contributed by atoms with E-state index in [1.165, 1.54) is 16.9 Å². The van der Waals surface area contributed by atoms with E-state index in [2.05, 4.69) is 0 Å². The molecule has 0 saturated carbocycles. The molecular formula is C20H17F3N2O4S4. The summed E-state index contributed by atoms with van der Waals surface area (Å²) in [4.78, 5) is -0.515. The maximum Gasteiger partial charge on any atom is 0.516 e. The van der Waals surface area contributed by atoms with Crippen LogP contribution in [-0.4, -0.2) is 34.8 Å². The summed E-state index contributed by atoms with van der Waals surface area (Å²) in [5, 5.41) is 7.40. The highest BCUT2D eigenvalue weighted by atomic mass is 32.2. The van der Waals surface area contributed by atoms with Crippen LogP contribution < -0.4 is 4.72 Å². The molecule has 0 spiro atoms. The molecule has 3 aromatic rings. The second-order valence-corrected chi connectivity index (χ2v) is 12.4. The number of alkyl halides is 3. The van der Waals surface area contributed by atoms with Crippen LogP contribution in [-0.2, 0) is 19.9 Å². The molecule has 6 nitrogen and oxygen atoms in total. The number of halogens is 3. The monoisotopic (exact) mass is 534 g/mol. The summed E-state index contributed by atoms with van der Waals surface area (Å²) in [5.41, 5.74) is -4.55. The Labute approximate surface area is 197 Å². The van der Waals surface area contributed by atoms with E-state index in [1.54, 1.807) is 37.4 Å². The highest BCUT2D eigenvalue weighted by Crippen LogP contribution is 2.40. The van der Waals surface area contributed by atoms with Crippen LogP contribution >= 0.6 is 23.1 Å². The first kappa shape index (κ1) is 25.3. The lowest BCUT2D eigenvalue weighted by Gasteiger charge is -2.16. The van der Waals surface area contributed by atoms with Crippen LogP contribution in [0.15, 0.2) is 62.5 Å². The van der Waals surface area contributed by atoms with Gasteiger partial charge >= 0.3 is 15.5 Å². The van der Waals surface area contributed by atoms with Gasteiger partial charge in [0, 0.05) is 11.1 Å². The Morgan fingerprint density at radius 2 is 1.70 bits per heavy atom. The molecule has 176 valence electrons. The van der Waals surface area contributed by atoms with E-state index in [4.69, 9.17) is 5.41 Å². The van der Waals surface area contributed by atoms with Crippen LogP contribution in [0.25, 0.3) is 11.1 Å². The standard InChI is InChI=1S/C20H17F3N2O4S4/c1-12-5-3-4-6-15(12)13-7-8-16(25-33(28,29)20(21,22)23)17(9-13)32(26,27)18-10-14(11-24)31-19(18)30-2/h3-11,24-25H,1-2H3. The maximum atomic E-state index is 13.6. The molecule has 0 aliphatic carbocycles. The molecule has 1 heterocycles. The van der Waals surface area contributed by atoms with Crippen molar-refractivity contribution in [3.05, 3.63) is 59.0 Å². The van der Waals surface area contributed by atoms with Crippen molar-refractivity contribution < 1.29 is 30.0 Å². The van der Waals surface area contributed by atoms with E-state index in [0.717, 1.165) is 47.0 Å². The fourth-order valence-corrected chi connectivity index (χ4v) is 7.67. The zero-order valence-corrected chi connectivity index (χ0v) is 20.4. The first-order chi connectivity index (χ1) is 15.3. The van der Waals surface area contributed by atoms with Gasteiger partial charge in [-0.05, 0) is 48.1 Å². The summed E-state index contributed by atoms with van der Waals surface area (Å²) in [6.45, 7) is 1.78. The van der Waals surface area contributed by atoms with Crippen molar-refractivity contribution in [2.75, 3.05) is 11.0 Å². The third-order valence-electron chi connectivity index (χ3n) is 4.58. The number of sulfonamides is 1. The number of sulfone groups is 1. The maximum absolute atomic E-state index is 13.6. The number of aryl methyl sites for hydroxylation is 1. The molecule has 0 unspecified atom stereocenters. The van der Waals surface area contributed by atoms with Crippen LogP contribution in [0, 0.1) is 12.3 Å². The molecule has 3 rings (SSSR count). The summed E-state index contributed by atoms with van der Waals surface area (Å²) < 4.78 is 91.4. The van der Waals surface area contributed by atoms with Crippen LogP contribution in [0.3, 0.4) is 0 Å². The van der Waals surface area contributed by atoms with E-state index >= 15 is 0 Å². The van der Waals surface area contributed by atoms with Crippen LogP contribution in [0.1, 0.15) is 10.4 Å². The van der Waals surface area contributed by atoms with E-state index in [0.29, 0.717) is 20.2 Å². The van der Waals surface area contributed by atoms with Crippen molar-refractivity contribution in [3.8, 4) is 11.1 Å². The zero-order chi connectivity index (χ0) is 24.6. The second-order valence-electron chi connectivity index (χ2n) is 6.73. The molecule has 2 aromatic carbocycles. The molecule has 0 aliphatic heterocycles. The predicted octanol–water partition coefficient (Wildman–Crippen LogP) is 5.54. The van der Waals surface area contributed by atoms with E-state index < -0.39 is 36.0 Å². The number of hydrogen-bond donors (Lipinski definition) is 2.